The lowest BCUT2D eigenvalue weighted by atomic mass is 10.2. The number of methoxy groups -OCH3 is 2. The number of ether oxygens (including phenoxy) is 2. The van der Waals surface area contributed by atoms with Gasteiger partial charge in [-0.15, -0.1) is 5.10 Å². The Labute approximate surface area is 157 Å². The van der Waals surface area contributed by atoms with Crippen molar-refractivity contribution in [2.45, 2.75) is 26.6 Å². The lowest BCUT2D eigenvalue weighted by Gasteiger charge is -2.16. The summed E-state index contributed by atoms with van der Waals surface area (Å²) in [4.78, 5) is 13.9. The van der Waals surface area contributed by atoms with E-state index in [1.807, 2.05) is 20.9 Å². The van der Waals surface area contributed by atoms with E-state index in [1.165, 1.54) is 4.68 Å². The standard InChI is InChI=1S/C17H24N4O4S/c1-11(2)18-15(22)9-20(3)10-21-17(26)25-16(19-21)13-7-6-12(23-4)8-14(13)24-5/h6-8,11H,9-10H2,1-5H3,(H,18,22). The second-order valence-electron chi connectivity index (χ2n) is 6.12. The van der Waals surface area contributed by atoms with E-state index < -0.39 is 0 Å². The van der Waals surface area contributed by atoms with E-state index in [0.717, 1.165) is 0 Å². The summed E-state index contributed by atoms with van der Waals surface area (Å²) in [6, 6.07) is 5.43. The molecule has 2 aromatic rings. The van der Waals surface area contributed by atoms with Crippen LogP contribution in [0.15, 0.2) is 22.6 Å². The van der Waals surface area contributed by atoms with Crippen molar-refractivity contribution in [1.82, 2.24) is 20.0 Å². The Morgan fingerprint density at radius 2 is 2.12 bits per heavy atom. The van der Waals surface area contributed by atoms with Gasteiger partial charge in [-0.3, -0.25) is 9.69 Å². The second kappa shape index (κ2) is 8.81. The average molecular weight is 380 g/mol. The van der Waals surface area contributed by atoms with Crippen LogP contribution >= 0.6 is 12.2 Å². The fourth-order valence-electron chi connectivity index (χ4n) is 2.37. The Bertz CT molecular complexity index is 815. The highest BCUT2D eigenvalue weighted by atomic mass is 32.1. The Hall–Kier alpha value is -2.39. The Balaban J connectivity index is 2.17. The van der Waals surface area contributed by atoms with E-state index in [0.29, 0.717) is 29.6 Å². The highest BCUT2D eigenvalue weighted by molar-refractivity contribution is 7.71. The number of carbonyl (C=O) groups is 1. The lowest BCUT2D eigenvalue weighted by Crippen LogP contribution is -2.39. The molecule has 1 heterocycles. The molecule has 0 aliphatic heterocycles. The van der Waals surface area contributed by atoms with Gasteiger partial charge in [0.1, 0.15) is 11.5 Å². The van der Waals surface area contributed by atoms with E-state index in [1.54, 1.807) is 37.3 Å². The monoisotopic (exact) mass is 380 g/mol. The van der Waals surface area contributed by atoms with Gasteiger partial charge in [-0.2, -0.15) is 0 Å². The summed E-state index contributed by atoms with van der Waals surface area (Å²) < 4.78 is 17.7. The van der Waals surface area contributed by atoms with Gasteiger partial charge in [0.15, 0.2) is 0 Å². The summed E-state index contributed by atoms with van der Waals surface area (Å²) in [6.45, 7) is 4.39. The van der Waals surface area contributed by atoms with Crippen molar-refractivity contribution in [2.75, 3.05) is 27.8 Å². The number of hydrogen-bond acceptors (Lipinski definition) is 7. The molecule has 1 N–H and O–H groups in total. The number of aromatic nitrogens is 2. The fraction of sp³-hybridized carbons (Fsp3) is 0.471. The Morgan fingerprint density at radius 3 is 2.73 bits per heavy atom. The van der Waals surface area contributed by atoms with E-state index >= 15 is 0 Å². The minimum Gasteiger partial charge on any atom is -0.497 e. The van der Waals surface area contributed by atoms with E-state index in [-0.39, 0.29) is 23.3 Å². The zero-order valence-corrected chi connectivity index (χ0v) is 16.4. The molecule has 0 unspecified atom stereocenters. The van der Waals surface area contributed by atoms with Crippen molar-refractivity contribution in [2.24, 2.45) is 0 Å². The van der Waals surface area contributed by atoms with Crippen molar-refractivity contribution in [3.05, 3.63) is 23.0 Å². The molecule has 1 aromatic carbocycles. The third-order valence-corrected chi connectivity index (χ3v) is 3.78. The van der Waals surface area contributed by atoms with Crippen LogP contribution in [-0.4, -0.2) is 54.4 Å². The van der Waals surface area contributed by atoms with E-state index in [2.05, 4.69) is 10.4 Å². The summed E-state index contributed by atoms with van der Waals surface area (Å²) in [5.41, 5.74) is 0.665. The van der Waals surface area contributed by atoms with Gasteiger partial charge in [0.25, 0.3) is 10.7 Å². The molecule has 8 nitrogen and oxygen atoms in total. The van der Waals surface area contributed by atoms with Gasteiger partial charge in [-0.1, -0.05) is 0 Å². The number of nitrogens with one attached hydrogen (secondary N) is 1. The molecule has 26 heavy (non-hydrogen) atoms. The van der Waals surface area contributed by atoms with Gasteiger partial charge < -0.3 is 19.2 Å². The smallest absolute Gasteiger partial charge is 0.288 e. The number of likely N-dealkylation sites (N-methyl/N-ethyl adjacent to an activating group) is 1. The maximum absolute atomic E-state index is 11.8. The predicted octanol–water partition coefficient (Wildman–Crippen LogP) is 2.30. The van der Waals surface area contributed by atoms with Crippen LogP contribution in [0.3, 0.4) is 0 Å². The number of hydrogen-bond donors (Lipinski definition) is 1. The van der Waals surface area contributed by atoms with Crippen LogP contribution in [0.4, 0.5) is 0 Å². The van der Waals surface area contributed by atoms with Crippen molar-refractivity contribution < 1.29 is 18.7 Å². The molecular weight excluding hydrogens is 356 g/mol. The van der Waals surface area contributed by atoms with Gasteiger partial charge in [-0.05, 0) is 45.2 Å². The third kappa shape index (κ3) is 5.06. The normalized spacial score (nSPS) is 11.0. The molecule has 0 aliphatic carbocycles. The molecule has 0 aliphatic rings. The quantitative estimate of drug-likeness (QED) is 0.704. The molecule has 0 fully saturated rings. The number of carbonyl (C=O) groups excluding carboxylic acids is 1. The van der Waals surface area contributed by atoms with Crippen molar-refractivity contribution in [3.63, 3.8) is 0 Å². The fourth-order valence-corrected chi connectivity index (χ4v) is 2.55. The molecular formula is C17H24N4O4S. The van der Waals surface area contributed by atoms with Crippen LogP contribution in [0.2, 0.25) is 0 Å². The average Bonchev–Trinajstić information content (AvgIpc) is 2.93. The Kier molecular flexibility index (Phi) is 6.76. The van der Waals surface area contributed by atoms with Gasteiger partial charge >= 0.3 is 0 Å². The first kappa shape index (κ1) is 19.9. The van der Waals surface area contributed by atoms with E-state index in [9.17, 15) is 4.79 Å². The highest BCUT2D eigenvalue weighted by Crippen LogP contribution is 2.32. The predicted molar refractivity (Wildman–Crippen MR) is 99.8 cm³/mol. The van der Waals surface area contributed by atoms with Crippen LogP contribution in [0.5, 0.6) is 11.5 Å². The number of amides is 1. The molecule has 0 spiro atoms. The van der Waals surface area contributed by atoms with Crippen LogP contribution in [0.25, 0.3) is 11.5 Å². The van der Waals surface area contributed by atoms with Crippen LogP contribution < -0.4 is 14.8 Å². The maximum atomic E-state index is 11.8. The van der Waals surface area contributed by atoms with Crippen LogP contribution in [0.1, 0.15) is 13.8 Å². The highest BCUT2D eigenvalue weighted by Gasteiger charge is 2.16. The zero-order chi connectivity index (χ0) is 19.3. The largest absolute Gasteiger partial charge is 0.497 e. The molecule has 0 atom stereocenters. The first-order valence-electron chi connectivity index (χ1n) is 8.12. The Morgan fingerprint density at radius 1 is 1.38 bits per heavy atom. The molecule has 0 radical (unpaired) electrons. The summed E-state index contributed by atoms with van der Waals surface area (Å²) in [5.74, 6) is 1.51. The minimum absolute atomic E-state index is 0.0606. The molecule has 0 saturated carbocycles. The summed E-state index contributed by atoms with van der Waals surface area (Å²) in [5, 5.41) is 7.25. The van der Waals surface area contributed by atoms with Crippen LogP contribution in [0, 0.1) is 4.84 Å². The number of benzene rings is 1. The van der Waals surface area contributed by atoms with Gasteiger partial charge in [0, 0.05) is 12.1 Å². The van der Waals surface area contributed by atoms with Gasteiger partial charge in [-0.25, -0.2) is 4.68 Å². The molecule has 0 saturated heterocycles. The minimum atomic E-state index is -0.0606. The van der Waals surface area contributed by atoms with Crippen molar-refractivity contribution in [3.8, 4) is 23.0 Å². The SMILES string of the molecule is COc1ccc(-c2nn(CN(C)CC(=O)NC(C)C)c(=S)o2)c(OC)c1. The summed E-state index contributed by atoms with van der Waals surface area (Å²) in [7, 11) is 4.95. The maximum Gasteiger partial charge on any atom is 0.288 e. The number of nitrogens with zero attached hydrogens (tertiary/aromatic N) is 3. The second-order valence-corrected chi connectivity index (χ2v) is 6.47. The van der Waals surface area contributed by atoms with Crippen molar-refractivity contribution >= 4 is 18.1 Å². The van der Waals surface area contributed by atoms with Crippen molar-refractivity contribution in [1.29, 1.82) is 0 Å². The third-order valence-electron chi connectivity index (χ3n) is 3.48. The first-order valence-corrected chi connectivity index (χ1v) is 8.53. The molecule has 0 bridgehead atoms. The van der Waals surface area contributed by atoms with E-state index in [4.69, 9.17) is 26.1 Å². The zero-order valence-electron chi connectivity index (χ0n) is 15.6. The summed E-state index contributed by atoms with van der Waals surface area (Å²) in [6.07, 6.45) is 0. The molecule has 2 rings (SSSR count). The van der Waals surface area contributed by atoms with Gasteiger partial charge in [0.2, 0.25) is 5.91 Å². The molecule has 1 aromatic heterocycles. The van der Waals surface area contributed by atoms with Crippen LogP contribution in [-0.2, 0) is 11.5 Å². The number of rotatable bonds is 8. The van der Waals surface area contributed by atoms with Gasteiger partial charge in [0.05, 0.1) is 33.0 Å². The topological polar surface area (TPSA) is 81.8 Å². The molecule has 142 valence electrons. The first-order chi connectivity index (χ1) is 12.3. The summed E-state index contributed by atoms with van der Waals surface area (Å²) >= 11 is 5.24. The lowest BCUT2D eigenvalue weighted by molar-refractivity contribution is -0.122. The molecule has 1 amide bonds. The molecule has 9 heteroatoms.